The molecular weight excluding hydrogens is 412 g/mol. The van der Waals surface area contributed by atoms with Crippen LogP contribution in [-0.4, -0.2) is 47.0 Å². The lowest BCUT2D eigenvalue weighted by Gasteiger charge is -2.27. The van der Waals surface area contributed by atoms with Crippen LogP contribution in [-0.2, 0) is 20.7 Å². The van der Waals surface area contributed by atoms with Gasteiger partial charge < -0.3 is 10.1 Å². The van der Waals surface area contributed by atoms with Crippen molar-refractivity contribution in [3.8, 4) is 0 Å². The Morgan fingerprint density at radius 1 is 1.00 bits per heavy atom. The smallest absolute Gasteiger partial charge is 0.330 e. The van der Waals surface area contributed by atoms with E-state index >= 15 is 0 Å². The predicted octanol–water partition coefficient (Wildman–Crippen LogP) is 2.62. The molecule has 2 aliphatic heterocycles. The van der Waals surface area contributed by atoms with Crippen molar-refractivity contribution in [3.05, 3.63) is 64.7 Å². The van der Waals surface area contributed by atoms with E-state index in [0.717, 1.165) is 10.5 Å². The van der Waals surface area contributed by atoms with Crippen LogP contribution in [0, 0.1) is 5.92 Å². The lowest BCUT2D eigenvalue weighted by Crippen LogP contribution is -2.49. The fourth-order valence-corrected chi connectivity index (χ4v) is 4.00. The van der Waals surface area contributed by atoms with Crippen molar-refractivity contribution >= 4 is 35.2 Å². The number of amides is 3. The van der Waals surface area contributed by atoms with Crippen molar-refractivity contribution < 1.29 is 28.7 Å². The quantitative estimate of drug-likeness (QED) is 0.425. The van der Waals surface area contributed by atoms with Gasteiger partial charge in [0.25, 0.3) is 11.8 Å². The van der Waals surface area contributed by atoms with Crippen molar-refractivity contribution in [3.63, 3.8) is 0 Å². The van der Waals surface area contributed by atoms with Crippen LogP contribution in [0.4, 0.5) is 5.69 Å². The summed E-state index contributed by atoms with van der Waals surface area (Å²) in [4.78, 5) is 63.4. The van der Waals surface area contributed by atoms with Gasteiger partial charge in [0.2, 0.25) is 5.91 Å². The third-order valence-electron chi connectivity index (χ3n) is 5.64. The van der Waals surface area contributed by atoms with Crippen LogP contribution >= 0.6 is 0 Å². The minimum atomic E-state index is -1.14. The number of ketones is 1. The highest BCUT2D eigenvalue weighted by Crippen LogP contribution is 2.28. The zero-order valence-electron chi connectivity index (χ0n) is 17.7. The molecule has 0 aromatic heterocycles. The number of carbonyl (C=O) groups is 5. The van der Waals surface area contributed by atoms with Gasteiger partial charge >= 0.3 is 5.97 Å². The van der Waals surface area contributed by atoms with Crippen LogP contribution in [0.3, 0.4) is 0 Å². The monoisotopic (exact) mass is 434 g/mol. The molecule has 0 radical (unpaired) electrons. The Kier molecular flexibility index (Phi) is 5.61. The summed E-state index contributed by atoms with van der Waals surface area (Å²) >= 11 is 0. The molecule has 0 fully saturated rings. The van der Waals surface area contributed by atoms with E-state index in [2.05, 4.69) is 5.32 Å². The Morgan fingerprint density at radius 3 is 2.28 bits per heavy atom. The van der Waals surface area contributed by atoms with Crippen molar-refractivity contribution in [1.29, 1.82) is 0 Å². The summed E-state index contributed by atoms with van der Waals surface area (Å²) in [5.74, 6) is -2.81. The maximum atomic E-state index is 12.9. The average Bonchev–Trinajstić information content (AvgIpc) is 3.02. The number of nitrogens with one attached hydrogen (secondary N) is 1. The van der Waals surface area contributed by atoms with Gasteiger partial charge in [0, 0.05) is 17.7 Å². The summed E-state index contributed by atoms with van der Waals surface area (Å²) in [6.45, 7) is 2.89. The normalized spacial score (nSPS) is 15.8. The topological polar surface area (TPSA) is 110 Å². The lowest BCUT2D eigenvalue weighted by atomic mass is 9.99. The van der Waals surface area contributed by atoms with Crippen LogP contribution < -0.4 is 5.32 Å². The number of fused-ring (bicyclic) bond motifs is 2. The number of carbonyl (C=O) groups excluding carboxylic acids is 5. The maximum Gasteiger partial charge on any atom is 0.330 e. The van der Waals surface area contributed by atoms with Gasteiger partial charge in [-0.15, -0.1) is 0 Å². The van der Waals surface area contributed by atoms with Gasteiger partial charge in [-0.05, 0) is 48.2 Å². The molecule has 0 spiro atoms. The predicted molar refractivity (Wildman–Crippen MR) is 114 cm³/mol. The Hall–Kier alpha value is -3.81. The van der Waals surface area contributed by atoms with Crippen molar-refractivity contribution in [2.24, 2.45) is 5.92 Å². The molecule has 0 saturated carbocycles. The van der Waals surface area contributed by atoms with Crippen LogP contribution in [0.25, 0.3) is 0 Å². The fourth-order valence-electron chi connectivity index (χ4n) is 4.00. The van der Waals surface area contributed by atoms with E-state index < -0.39 is 42.1 Å². The van der Waals surface area contributed by atoms with Gasteiger partial charge in [0.05, 0.1) is 11.1 Å². The Morgan fingerprint density at radius 2 is 1.66 bits per heavy atom. The highest BCUT2D eigenvalue weighted by Gasteiger charge is 2.44. The largest absolute Gasteiger partial charge is 0.456 e. The Balaban J connectivity index is 1.47. The summed E-state index contributed by atoms with van der Waals surface area (Å²) in [7, 11) is 0. The number of benzene rings is 2. The van der Waals surface area contributed by atoms with Crippen LogP contribution in [0.2, 0.25) is 0 Å². The van der Waals surface area contributed by atoms with Crippen molar-refractivity contribution in [2.45, 2.75) is 32.7 Å². The van der Waals surface area contributed by atoms with E-state index in [9.17, 15) is 24.0 Å². The van der Waals surface area contributed by atoms with E-state index in [1.165, 1.54) is 0 Å². The summed E-state index contributed by atoms with van der Waals surface area (Å²) < 4.78 is 5.25. The number of Topliss-reactive ketones (excluding diaryl/α,β-unsaturated/α-hetero) is 1. The highest BCUT2D eigenvalue weighted by atomic mass is 16.5. The zero-order chi connectivity index (χ0) is 23.0. The van der Waals surface area contributed by atoms with Crippen molar-refractivity contribution in [2.75, 3.05) is 11.9 Å². The first-order valence-electron chi connectivity index (χ1n) is 10.4. The van der Waals surface area contributed by atoms with E-state index in [1.54, 1.807) is 56.3 Å². The first-order chi connectivity index (χ1) is 15.3. The molecule has 3 amide bonds. The SMILES string of the molecule is CC(C)[C@@H](C(=O)OCC(=O)c1ccc2c(c1)CCC(=O)N2)N1C(=O)c2ccccc2C1=O. The molecule has 0 unspecified atom stereocenters. The number of nitrogens with zero attached hydrogens (tertiary/aromatic N) is 1. The Bertz CT molecular complexity index is 1120. The number of hydrogen-bond acceptors (Lipinski definition) is 6. The number of rotatable bonds is 6. The molecule has 2 heterocycles. The number of esters is 1. The second-order valence-corrected chi connectivity index (χ2v) is 8.17. The number of ether oxygens (including phenoxy) is 1. The summed E-state index contributed by atoms with van der Waals surface area (Å²) in [6, 6.07) is 10.1. The van der Waals surface area contributed by atoms with E-state index in [4.69, 9.17) is 4.74 Å². The second-order valence-electron chi connectivity index (χ2n) is 8.17. The minimum absolute atomic E-state index is 0.0709. The zero-order valence-corrected chi connectivity index (χ0v) is 17.7. The van der Waals surface area contributed by atoms with Gasteiger partial charge in [-0.25, -0.2) is 4.79 Å². The summed E-state index contributed by atoms with van der Waals surface area (Å²) in [5.41, 5.74) is 2.35. The minimum Gasteiger partial charge on any atom is -0.456 e. The maximum absolute atomic E-state index is 12.9. The number of anilines is 1. The van der Waals surface area contributed by atoms with E-state index in [1.807, 2.05) is 0 Å². The van der Waals surface area contributed by atoms with Gasteiger partial charge in [-0.3, -0.25) is 24.1 Å². The molecule has 2 aromatic rings. The number of aryl methyl sites for hydroxylation is 1. The first kappa shape index (κ1) is 21.4. The van der Waals surface area contributed by atoms with Gasteiger partial charge in [-0.1, -0.05) is 26.0 Å². The molecule has 8 heteroatoms. The first-order valence-corrected chi connectivity index (χ1v) is 10.4. The number of imide groups is 1. The summed E-state index contributed by atoms with van der Waals surface area (Å²) in [5, 5.41) is 2.75. The molecule has 0 bridgehead atoms. The molecule has 0 aliphatic carbocycles. The average molecular weight is 434 g/mol. The Labute approximate surface area is 184 Å². The molecule has 4 rings (SSSR count). The van der Waals surface area contributed by atoms with E-state index in [0.29, 0.717) is 24.1 Å². The molecule has 164 valence electrons. The molecule has 2 aliphatic rings. The molecule has 8 nitrogen and oxygen atoms in total. The molecular formula is C24H22N2O6. The van der Waals surface area contributed by atoms with Crippen molar-refractivity contribution in [1.82, 2.24) is 4.90 Å². The summed E-state index contributed by atoms with van der Waals surface area (Å²) in [6.07, 6.45) is 0.868. The molecule has 32 heavy (non-hydrogen) atoms. The number of hydrogen-bond donors (Lipinski definition) is 1. The molecule has 1 N–H and O–H groups in total. The fraction of sp³-hybridized carbons (Fsp3) is 0.292. The van der Waals surface area contributed by atoms with Gasteiger partial charge in [0.15, 0.2) is 12.4 Å². The molecule has 1 atom stereocenters. The standard InChI is InChI=1S/C24H22N2O6/c1-13(2)21(26-22(29)16-5-3-4-6-17(16)23(26)30)24(31)32-12-19(27)15-7-9-18-14(11-15)8-10-20(28)25-18/h3-7,9,11,13,21H,8,10,12H2,1-2H3,(H,25,28)/t21-/m0/s1. The lowest BCUT2D eigenvalue weighted by molar-refractivity contribution is -0.148. The second kappa shape index (κ2) is 8.37. The third kappa shape index (κ3) is 3.79. The van der Waals surface area contributed by atoms with Crippen LogP contribution in [0.1, 0.15) is 56.9 Å². The van der Waals surface area contributed by atoms with Gasteiger partial charge in [0.1, 0.15) is 6.04 Å². The molecule has 2 aromatic carbocycles. The third-order valence-corrected chi connectivity index (χ3v) is 5.64. The molecule has 0 saturated heterocycles. The highest BCUT2D eigenvalue weighted by molar-refractivity contribution is 6.22. The van der Waals surface area contributed by atoms with Gasteiger partial charge in [-0.2, -0.15) is 0 Å². The van der Waals surface area contributed by atoms with Crippen LogP contribution in [0.15, 0.2) is 42.5 Å². The van der Waals surface area contributed by atoms with Crippen LogP contribution in [0.5, 0.6) is 0 Å². The van der Waals surface area contributed by atoms with E-state index in [-0.39, 0.29) is 17.0 Å².